The van der Waals surface area contributed by atoms with Crippen LogP contribution in [0.4, 0.5) is 17.1 Å². The van der Waals surface area contributed by atoms with E-state index in [0.29, 0.717) is 37.4 Å². The van der Waals surface area contributed by atoms with E-state index >= 15 is 0 Å². The van der Waals surface area contributed by atoms with Gasteiger partial charge in [-0.25, -0.2) is 0 Å². The van der Waals surface area contributed by atoms with Crippen molar-refractivity contribution in [3.8, 4) is 0 Å². The molecule has 9 nitrogen and oxygen atoms in total. The number of amides is 3. The SMILES string of the molecule is O=C(CSc1cccc(NC(=O)/C(=C\c2ccc(Cl)cc2Cl)NC(=O)c2ccccc2)c1)Nc1ccc([N+](=O)[O-])cc1. The molecule has 12 heteroatoms. The summed E-state index contributed by atoms with van der Waals surface area (Å²) in [4.78, 5) is 49.6. The van der Waals surface area contributed by atoms with E-state index in [1.165, 1.54) is 48.2 Å². The molecule has 4 aromatic rings. The molecule has 4 rings (SSSR count). The number of halogens is 2. The molecule has 0 atom stereocenters. The molecule has 0 fully saturated rings. The number of anilines is 2. The van der Waals surface area contributed by atoms with Crippen LogP contribution in [-0.2, 0) is 9.59 Å². The number of rotatable bonds is 10. The largest absolute Gasteiger partial charge is 0.325 e. The first kappa shape index (κ1) is 30.3. The van der Waals surface area contributed by atoms with Crippen molar-refractivity contribution >= 4 is 75.8 Å². The van der Waals surface area contributed by atoms with Gasteiger partial charge in [0.15, 0.2) is 0 Å². The zero-order valence-electron chi connectivity index (χ0n) is 21.7. The predicted octanol–water partition coefficient (Wildman–Crippen LogP) is 7.04. The number of nitro groups is 1. The Hall–Kier alpha value is -4.64. The van der Waals surface area contributed by atoms with Crippen molar-refractivity contribution in [2.45, 2.75) is 4.90 Å². The normalized spacial score (nSPS) is 11.0. The summed E-state index contributed by atoms with van der Waals surface area (Å²) in [5.74, 6) is -1.33. The average Bonchev–Trinajstić information content (AvgIpc) is 2.98. The van der Waals surface area contributed by atoms with Gasteiger partial charge in [-0.3, -0.25) is 24.5 Å². The first-order valence-corrected chi connectivity index (χ1v) is 14.0. The number of carbonyl (C=O) groups excluding carboxylic acids is 3. The van der Waals surface area contributed by atoms with Crippen LogP contribution >= 0.6 is 35.0 Å². The van der Waals surface area contributed by atoms with Crippen LogP contribution in [0.1, 0.15) is 15.9 Å². The maximum Gasteiger partial charge on any atom is 0.272 e. The van der Waals surface area contributed by atoms with E-state index in [9.17, 15) is 24.5 Å². The molecule has 212 valence electrons. The highest BCUT2D eigenvalue weighted by Gasteiger charge is 2.16. The quantitative estimate of drug-likeness (QED) is 0.0754. The number of nitro benzene ring substituents is 1. The molecule has 3 N–H and O–H groups in total. The summed E-state index contributed by atoms with van der Waals surface area (Å²) in [7, 11) is 0. The Morgan fingerprint density at radius 1 is 0.833 bits per heavy atom. The maximum atomic E-state index is 13.3. The number of nitrogens with zero attached hydrogens (tertiary/aromatic N) is 1. The summed E-state index contributed by atoms with van der Waals surface area (Å²) in [6.45, 7) is 0. The van der Waals surface area contributed by atoms with Crippen LogP contribution in [0.25, 0.3) is 6.08 Å². The second-order valence-corrected chi connectivity index (χ2v) is 10.6. The Morgan fingerprint density at radius 3 is 2.26 bits per heavy atom. The summed E-state index contributed by atoms with van der Waals surface area (Å²) in [6.07, 6.45) is 1.45. The molecule has 0 heterocycles. The third kappa shape index (κ3) is 8.68. The van der Waals surface area contributed by atoms with Crippen molar-refractivity contribution < 1.29 is 19.3 Å². The molecule has 42 heavy (non-hydrogen) atoms. The van der Waals surface area contributed by atoms with Gasteiger partial charge in [-0.05, 0) is 66.2 Å². The zero-order valence-corrected chi connectivity index (χ0v) is 24.0. The van der Waals surface area contributed by atoms with Crippen molar-refractivity contribution in [2.75, 3.05) is 16.4 Å². The summed E-state index contributed by atoms with van der Waals surface area (Å²) >= 11 is 13.5. The van der Waals surface area contributed by atoms with Gasteiger partial charge in [-0.15, -0.1) is 11.8 Å². The Labute approximate surface area is 255 Å². The highest BCUT2D eigenvalue weighted by Crippen LogP contribution is 2.25. The van der Waals surface area contributed by atoms with Gasteiger partial charge in [0, 0.05) is 44.0 Å². The molecule has 0 aliphatic carbocycles. The summed E-state index contributed by atoms with van der Waals surface area (Å²) in [6, 6.07) is 25.6. The molecule has 0 saturated carbocycles. The second-order valence-electron chi connectivity index (χ2n) is 8.67. The minimum atomic E-state index is -0.594. The van der Waals surface area contributed by atoms with Crippen molar-refractivity contribution in [1.29, 1.82) is 0 Å². The first-order chi connectivity index (χ1) is 20.2. The number of hydrogen-bond acceptors (Lipinski definition) is 6. The Kier molecular flexibility index (Phi) is 10.3. The van der Waals surface area contributed by atoms with E-state index < -0.39 is 16.7 Å². The highest BCUT2D eigenvalue weighted by atomic mass is 35.5. The van der Waals surface area contributed by atoms with E-state index in [1.54, 1.807) is 66.7 Å². The van der Waals surface area contributed by atoms with E-state index in [-0.39, 0.29) is 23.0 Å². The van der Waals surface area contributed by atoms with E-state index in [0.717, 1.165) is 0 Å². The zero-order chi connectivity index (χ0) is 30.1. The first-order valence-electron chi connectivity index (χ1n) is 12.3. The lowest BCUT2D eigenvalue weighted by Gasteiger charge is -2.13. The third-order valence-electron chi connectivity index (χ3n) is 5.61. The fraction of sp³-hybridized carbons (Fsp3) is 0.0333. The van der Waals surface area contributed by atoms with Crippen LogP contribution in [0.2, 0.25) is 10.0 Å². The highest BCUT2D eigenvalue weighted by molar-refractivity contribution is 8.00. The molecule has 3 amide bonds. The fourth-order valence-corrected chi connectivity index (χ4v) is 4.81. The lowest BCUT2D eigenvalue weighted by atomic mass is 10.1. The van der Waals surface area contributed by atoms with Gasteiger partial charge in [-0.1, -0.05) is 53.5 Å². The molecule has 0 unspecified atom stereocenters. The molecule has 0 aliphatic heterocycles. The number of hydrogen-bond donors (Lipinski definition) is 3. The van der Waals surface area contributed by atoms with Gasteiger partial charge in [-0.2, -0.15) is 0 Å². The molecular weight excluding hydrogens is 599 g/mol. The van der Waals surface area contributed by atoms with E-state index in [1.807, 2.05) is 0 Å². The van der Waals surface area contributed by atoms with Crippen molar-refractivity contribution in [2.24, 2.45) is 0 Å². The topological polar surface area (TPSA) is 130 Å². The molecule has 4 aromatic carbocycles. The molecule has 0 bridgehead atoms. The molecule has 0 aliphatic rings. The Morgan fingerprint density at radius 2 is 1.57 bits per heavy atom. The average molecular weight is 622 g/mol. The minimum Gasteiger partial charge on any atom is -0.325 e. The van der Waals surface area contributed by atoms with Crippen LogP contribution in [0.3, 0.4) is 0 Å². The summed E-state index contributed by atoms with van der Waals surface area (Å²) in [5.41, 5.74) is 1.59. The van der Waals surface area contributed by atoms with Gasteiger partial charge < -0.3 is 16.0 Å². The van der Waals surface area contributed by atoms with Crippen LogP contribution in [0.5, 0.6) is 0 Å². The Bertz CT molecular complexity index is 1660. The number of thioether (sulfide) groups is 1. The molecule has 0 aromatic heterocycles. The fourth-order valence-electron chi connectivity index (χ4n) is 3.59. The summed E-state index contributed by atoms with van der Waals surface area (Å²) < 4.78 is 0. The summed E-state index contributed by atoms with van der Waals surface area (Å²) in [5, 5.41) is 19.6. The van der Waals surface area contributed by atoms with Crippen LogP contribution in [-0.4, -0.2) is 28.4 Å². The number of benzene rings is 4. The van der Waals surface area contributed by atoms with Gasteiger partial charge in [0.2, 0.25) is 5.91 Å². The molecular formula is C30H22Cl2N4O5S. The van der Waals surface area contributed by atoms with E-state index in [4.69, 9.17) is 23.2 Å². The lowest BCUT2D eigenvalue weighted by molar-refractivity contribution is -0.384. The minimum absolute atomic E-state index is 0.0476. The third-order valence-corrected chi connectivity index (χ3v) is 7.17. The smallest absolute Gasteiger partial charge is 0.272 e. The predicted molar refractivity (Wildman–Crippen MR) is 166 cm³/mol. The van der Waals surface area contributed by atoms with Gasteiger partial charge in [0.05, 0.1) is 10.7 Å². The molecule has 0 saturated heterocycles. The monoisotopic (exact) mass is 620 g/mol. The van der Waals surface area contributed by atoms with Crippen molar-refractivity contribution in [3.05, 3.63) is 134 Å². The number of nitrogens with one attached hydrogen (secondary N) is 3. The maximum absolute atomic E-state index is 13.3. The van der Waals surface area contributed by atoms with Gasteiger partial charge in [0.1, 0.15) is 5.70 Å². The van der Waals surface area contributed by atoms with Crippen molar-refractivity contribution in [3.63, 3.8) is 0 Å². The van der Waals surface area contributed by atoms with Crippen LogP contribution in [0, 0.1) is 10.1 Å². The standard InChI is InChI=1S/C30H22Cl2N4O5S/c31-21-10-9-20(26(32)16-21)15-27(35-29(38)19-5-2-1-3-6-19)30(39)34-23-7-4-8-25(17-23)42-18-28(37)33-22-11-13-24(14-12-22)36(40)41/h1-17H,18H2,(H,33,37)(H,34,39)(H,35,38)/b27-15+. The number of non-ortho nitro benzene ring substituents is 1. The van der Waals surface area contributed by atoms with Gasteiger partial charge >= 0.3 is 0 Å². The van der Waals surface area contributed by atoms with E-state index in [2.05, 4.69) is 16.0 Å². The van der Waals surface area contributed by atoms with Gasteiger partial charge in [0.25, 0.3) is 17.5 Å². The second kappa shape index (κ2) is 14.3. The lowest BCUT2D eigenvalue weighted by Crippen LogP contribution is -2.30. The van der Waals surface area contributed by atoms with Crippen LogP contribution < -0.4 is 16.0 Å². The molecule has 0 spiro atoms. The Balaban J connectivity index is 1.45. The van der Waals surface area contributed by atoms with Crippen molar-refractivity contribution in [1.82, 2.24) is 5.32 Å². The van der Waals surface area contributed by atoms with Crippen LogP contribution in [0.15, 0.2) is 108 Å². The molecule has 0 radical (unpaired) electrons. The number of carbonyl (C=O) groups is 3.